The van der Waals surface area contributed by atoms with Gasteiger partial charge in [-0.2, -0.15) is 0 Å². The predicted octanol–water partition coefficient (Wildman–Crippen LogP) is 3.82. The summed E-state index contributed by atoms with van der Waals surface area (Å²) in [5.41, 5.74) is 0. The molecule has 0 aromatic heterocycles. The predicted molar refractivity (Wildman–Crippen MR) is 52.1 cm³/mol. The van der Waals surface area contributed by atoms with E-state index in [0.29, 0.717) is 0 Å². The highest BCUT2D eigenvalue weighted by atomic mass is 79.9. The minimum atomic E-state index is 0.751. The minimum Gasteiger partial charge on any atom is -0.126 e. The van der Waals surface area contributed by atoms with Crippen molar-refractivity contribution in [2.24, 2.45) is 5.92 Å². The van der Waals surface area contributed by atoms with Crippen molar-refractivity contribution in [1.82, 2.24) is 0 Å². The van der Waals surface area contributed by atoms with Crippen LogP contribution in [0, 0.1) is 5.92 Å². The number of alkyl halides is 2. The summed E-state index contributed by atoms with van der Waals surface area (Å²) in [4.78, 5) is 0. The number of hydrogen-bond donors (Lipinski definition) is 0. The fourth-order valence-electron chi connectivity index (χ4n) is 0.918. The van der Waals surface area contributed by atoms with Gasteiger partial charge in [0.2, 0.25) is 0 Å². The zero-order valence-electron chi connectivity index (χ0n) is 6.58. The third-order valence-electron chi connectivity index (χ3n) is 1.79. The molecule has 0 radical (unpaired) electrons. The average molecular weight is 228 g/mol. The van der Waals surface area contributed by atoms with Crippen LogP contribution in [0.3, 0.4) is 0 Å². The summed E-state index contributed by atoms with van der Waals surface area (Å²) in [6.45, 7) is 2.21. The average Bonchev–Trinajstić information content (AvgIpc) is 1.99. The van der Waals surface area contributed by atoms with E-state index in [9.17, 15) is 0 Å². The van der Waals surface area contributed by atoms with E-state index in [0.717, 1.165) is 17.1 Å². The first-order valence-electron chi connectivity index (χ1n) is 3.97. The van der Waals surface area contributed by atoms with Gasteiger partial charge in [-0.25, -0.2) is 0 Å². The van der Waals surface area contributed by atoms with Crippen molar-refractivity contribution < 1.29 is 0 Å². The molecule has 0 amide bonds. The molecule has 0 spiro atoms. The second kappa shape index (κ2) is 7.87. The molecule has 1 unspecified atom stereocenters. The van der Waals surface area contributed by atoms with E-state index in [1.165, 1.54) is 25.7 Å². The summed E-state index contributed by atoms with van der Waals surface area (Å²) in [5.74, 6) is 1.58. The summed E-state index contributed by atoms with van der Waals surface area (Å²) >= 11 is 9.15. The van der Waals surface area contributed by atoms with E-state index < -0.39 is 0 Å². The summed E-state index contributed by atoms with van der Waals surface area (Å²) in [7, 11) is 0. The van der Waals surface area contributed by atoms with Crippen LogP contribution in [0.5, 0.6) is 0 Å². The fourth-order valence-corrected chi connectivity index (χ4v) is 1.69. The second-order valence-electron chi connectivity index (χ2n) is 2.61. The lowest BCUT2D eigenvalue weighted by Gasteiger charge is -2.08. The quantitative estimate of drug-likeness (QED) is 0.478. The molecular weight excluding hydrogens is 211 g/mol. The van der Waals surface area contributed by atoms with Crippen molar-refractivity contribution in [3.05, 3.63) is 0 Å². The van der Waals surface area contributed by atoms with Crippen LogP contribution in [0.1, 0.15) is 32.6 Å². The maximum absolute atomic E-state index is 5.73. The molecule has 0 fully saturated rings. The molecule has 2 heteroatoms. The standard InChI is InChI=1S/C8H16BrCl/c1-2-8(7-10)5-3-4-6-9/h8H,2-7H2,1H3. The molecule has 0 aliphatic carbocycles. The van der Waals surface area contributed by atoms with Crippen molar-refractivity contribution in [2.75, 3.05) is 11.2 Å². The monoisotopic (exact) mass is 226 g/mol. The fraction of sp³-hybridized carbons (Fsp3) is 1.00. The maximum Gasteiger partial charge on any atom is 0.0251 e. The topological polar surface area (TPSA) is 0 Å². The molecule has 0 N–H and O–H groups in total. The lowest BCUT2D eigenvalue weighted by Crippen LogP contribution is -1.99. The molecular formula is C8H16BrCl. The maximum atomic E-state index is 5.73. The zero-order valence-corrected chi connectivity index (χ0v) is 8.92. The molecule has 0 saturated heterocycles. The van der Waals surface area contributed by atoms with E-state index >= 15 is 0 Å². The van der Waals surface area contributed by atoms with Gasteiger partial charge in [0, 0.05) is 11.2 Å². The lowest BCUT2D eigenvalue weighted by molar-refractivity contribution is 0.498. The molecule has 62 valence electrons. The highest BCUT2D eigenvalue weighted by Gasteiger charge is 2.02. The molecule has 1 atom stereocenters. The van der Waals surface area contributed by atoms with Gasteiger partial charge in [0.25, 0.3) is 0 Å². The minimum absolute atomic E-state index is 0.751. The van der Waals surface area contributed by atoms with E-state index in [-0.39, 0.29) is 0 Å². The summed E-state index contributed by atoms with van der Waals surface area (Å²) in [6.07, 6.45) is 5.13. The molecule has 0 aliphatic heterocycles. The lowest BCUT2D eigenvalue weighted by atomic mass is 10.0. The normalized spacial score (nSPS) is 13.5. The van der Waals surface area contributed by atoms with E-state index in [2.05, 4.69) is 22.9 Å². The van der Waals surface area contributed by atoms with Gasteiger partial charge < -0.3 is 0 Å². The van der Waals surface area contributed by atoms with Crippen LogP contribution < -0.4 is 0 Å². The van der Waals surface area contributed by atoms with Crippen LogP contribution in [-0.2, 0) is 0 Å². The highest BCUT2D eigenvalue weighted by molar-refractivity contribution is 9.09. The van der Waals surface area contributed by atoms with Crippen molar-refractivity contribution in [1.29, 1.82) is 0 Å². The smallest absolute Gasteiger partial charge is 0.0251 e. The van der Waals surface area contributed by atoms with Gasteiger partial charge >= 0.3 is 0 Å². The van der Waals surface area contributed by atoms with E-state index in [1.807, 2.05) is 0 Å². The first-order valence-corrected chi connectivity index (χ1v) is 5.62. The molecule has 0 saturated carbocycles. The molecule has 0 aliphatic rings. The van der Waals surface area contributed by atoms with Gasteiger partial charge in [-0.3, -0.25) is 0 Å². The van der Waals surface area contributed by atoms with Gasteiger partial charge in [-0.1, -0.05) is 35.7 Å². The zero-order chi connectivity index (χ0) is 7.82. The van der Waals surface area contributed by atoms with E-state index in [1.54, 1.807) is 0 Å². The number of unbranched alkanes of at least 4 members (excludes halogenated alkanes) is 1. The summed E-state index contributed by atoms with van der Waals surface area (Å²) in [5, 5.41) is 1.13. The van der Waals surface area contributed by atoms with Crippen molar-refractivity contribution in [2.45, 2.75) is 32.6 Å². The molecule has 0 bridgehead atoms. The Hall–Kier alpha value is 0.770. The van der Waals surface area contributed by atoms with Gasteiger partial charge in [0.15, 0.2) is 0 Å². The van der Waals surface area contributed by atoms with E-state index in [4.69, 9.17) is 11.6 Å². The van der Waals surface area contributed by atoms with Crippen LogP contribution in [0.25, 0.3) is 0 Å². The largest absolute Gasteiger partial charge is 0.126 e. The second-order valence-corrected chi connectivity index (χ2v) is 3.71. The Morgan fingerprint density at radius 3 is 2.50 bits per heavy atom. The molecule has 0 rings (SSSR count). The van der Waals surface area contributed by atoms with Crippen LogP contribution in [0.2, 0.25) is 0 Å². The first kappa shape index (κ1) is 10.8. The van der Waals surface area contributed by atoms with Crippen LogP contribution in [-0.4, -0.2) is 11.2 Å². The van der Waals surface area contributed by atoms with Gasteiger partial charge in [-0.15, -0.1) is 11.6 Å². The van der Waals surface area contributed by atoms with Crippen molar-refractivity contribution >= 4 is 27.5 Å². The van der Waals surface area contributed by atoms with Gasteiger partial charge in [0.05, 0.1) is 0 Å². The van der Waals surface area contributed by atoms with Crippen molar-refractivity contribution in [3.63, 3.8) is 0 Å². The number of rotatable bonds is 6. The van der Waals surface area contributed by atoms with Crippen LogP contribution >= 0.6 is 27.5 Å². The Morgan fingerprint density at radius 1 is 1.40 bits per heavy atom. The van der Waals surface area contributed by atoms with Gasteiger partial charge in [-0.05, 0) is 18.8 Å². The Labute approximate surface area is 77.5 Å². The Balaban J connectivity index is 3.09. The molecule has 0 aromatic rings. The molecule has 10 heavy (non-hydrogen) atoms. The number of hydrogen-bond acceptors (Lipinski definition) is 0. The van der Waals surface area contributed by atoms with Crippen molar-refractivity contribution in [3.8, 4) is 0 Å². The van der Waals surface area contributed by atoms with Crippen LogP contribution in [0.4, 0.5) is 0 Å². The SMILES string of the molecule is CCC(CCl)CCCCBr. The first-order chi connectivity index (χ1) is 4.85. The number of halogens is 2. The highest BCUT2D eigenvalue weighted by Crippen LogP contribution is 2.14. The Morgan fingerprint density at radius 2 is 2.10 bits per heavy atom. The Kier molecular flexibility index (Phi) is 8.48. The van der Waals surface area contributed by atoms with Crippen LogP contribution in [0.15, 0.2) is 0 Å². The van der Waals surface area contributed by atoms with Gasteiger partial charge in [0.1, 0.15) is 0 Å². The summed E-state index contributed by atoms with van der Waals surface area (Å²) < 4.78 is 0. The summed E-state index contributed by atoms with van der Waals surface area (Å²) in [6, 6.07) is 0. The molecule has 0 nitrogen and oxygen atoms in total. The third kappa shape index (κ3) is 5.55. The Bertz CT molecular complexity index is 62.3. The third-order valence-corrected chi connectivity index (χ3v) is 2.79. The molecule has 0 heterocycles. The molecule has 0 aromatic carbocycles.